The summed E-state index contributed by atoms with van der Waals surface area (Å²) in [5.74, 6) is -3.43. The van der Waals surface area contributed by atoms with Gasteiger partial charge in [-0.3, -0.25) is 19.5 Å². The third kappa shape index (κ3) is 3.53. The highest BCUT2D eigenvalue weighted by Crippen LogP contribution is 2.43. The van der Waals surface area contributed by atoms with Crippen LogP contribution in [0.1, 0.15) is 29.2 Å². The number of aromatic nitrogens is 1. The number of pyridine rings is 1. The number of benzene rings is 2. The summed E-state index contributed by atoms with van der Waals surface area (Å²) in [6.07, 6.45) is 4.47. The van der Waals surface area contributed by atoms with Gasteiger partial charge in [0.25, 0.3) is 11.7 Å². The van der Waals surface area contributed by atoms with Gasteiger partial charge >= 0.3 is 0 Å². The highest BCUT2D eigenvalue weighted by Gasteiger charge is 2.48. The molecule has 0 radical (unpaired) electrons. The van der Waals surface area contributed by atoms with E-state index in [0.717, 1.165) is 41.5 Å². The first kappa shape index (κ1) is 20.8. The molecule has 1 fully saturated rings. The molecule has 5 rings (SSSR count). The van der Waals surface area contributed by atoms with Gasteiger partial charge < -0.3 is 9.84 Å². The Morgan fingerprint density at radius 1 is 1.12 bits per heavy atom. The van der Waals surface area contributed by atoms with Gasteiger partial charge in [0, 0.05) is 24.0 Å². The van der Waals surface area contributed by atoms with Gasteiger partial charge in [0.05, 0.1) is 23.9 Å². The lowest BCUT2D eigenvalue weighted by Gasteiger charge is -2.25. The number of carbonyl (C=O) groups is 2. The van der Waals surface area contributed by atoms with E-state index in [9.17, 15) is 23.5 Å². The summed E-state index contributed by atoms with van der Waals surface area (Å²) in [6.45, 7) is 0.601. The number of aliphatic hydroxyl groups excluding tert-OH is 1. The predicted molar refractivity (Wildman–Crippen MR) is 116 cm³/mol. The van der Waals surface area contributed by atoms with Gasteiger partial charge in [0.2, 0.25) is 0 Å². The standard InChI is InChI=1S/C25H18F2N2O4/c26-17-6-7-18(27)19(12-17)29-22(16-3-1-9-28-13-16)21(24(31)25(29)32)23(30)15-5-8-20-14(11-15)4-2-10-33-20/h1,3,5-9,11-13,22,30H,2,4,10H2/b23-21-. The predicted octanol–water partition coefficient (Wildman–Crippen LogP) is 4.31. The number of amides is 1. The van der Waals surface area contributed by atoms with E-state index >= 15 is 0 Å². The smallest absolute Gasteiger partial charge is 0.300 e. The van der Waals surface area contributed by atoms with Crippen LogP contribution < -0.4 is 9.64 Å². The Kier molecular flexibility index (Phi) is 5.12. The first-order valence-corrected chi connectivity index (χ1v) is 10.4. The van der Waals surface area contributed by atoms with Crippen molar-refractivity contribution in [3.63, 3.8) is 0 Å². The van der Waals surface area contributed by atoms with Crippen molar-refractivity contribution < 1.29 is 28.2 Å². The number of fused-ring (bicyclic) bond motifs is 1. The van der Waals surface area contributed by atoms with Crippen molar-refractivity contribution in [1.82, 2.24) is 4.98 Å². The number of aryl methyl sites for hydroxylation is 1. The number of Topliss-reactive ketones (excluding diaryl/α,β-unsaturated/α-hetero) is 1. The number of ketones is 1. The molecule has 33 heavy (non-hydrogen) atoms. The molecule has 1 aromatic heterocycles. The number of hydrogen-bond donors (Lipinski definition) is 1. The van der Waals surface area contributed by atoms with E-state index in [0.29, 0.717) is 23.5 Å². The topological polar surface area (TPSA) is 79.7 Å². The van der Waals surface area contributed by atoms with Crippen LogP contribution in [0.3, 0.4) is 0 Å². The fourth-order valence-corrected chi connectivity index (χ4v) is 4.27. The lowest BCUT2D eigenvalue weighted by Crippen LogP contribution is -2.30. The summed E-state index contributed by atoms with van der Waals surface area (Å²) in [7, 11) is 0. The number of anilines is 1. The number of aliphatic hydroxyl groups is 1. The molecule has 1 unspecified atom stereocenters. The van der Waals surface area contributed by atoms with Crippen LogP contribution in [-0.4, -0.2) is 28.4 Å². The molecule has 1 amide bonds. The van der Waals surface area contributed by atoms with Crippen molar-refractivity contribution >= 4 is 23.1 Å². The molecule has 2 aliphatic heterocycles. The summed E-state index contributed by atoms with van der Waals surface area (Å²) in [5, 5.41) is 11.2. The Morgan fingerprint density at radius 3 is 2.76 bits per heavy atom. The van der Waals surface area contributed by atoms with Crippen molar-refractivity contribution in [2.24, 2.45) is 0 Å². The van der Waals surface area contributed by atoms with Gasteiger partial charge in [-0.2, -0.15) is 0 Å². The van der Waals surface area contributed by atoms with Gasteiger partial charge in [-0.25, -0.2) is 8.78 Å². The Bertz CT molecular complexity index is 1310. The average molecular weight is 448 g/mol. The summed E-state index contributed by atoms with van der Waals surface area (Å²) in [4.78, 5) is 31.0. The van der Waals surface area contributed by atoms with Crippen LogP contribution in [0.25, 0.3) is 5.76 Å². The van der Waals surface area contributed by atoms with Crippen LogP contribution in [0.4, 0.5) is 14.5 Å². The highest BCUT2D eigenvalue weighted by molar-refractivity contribution is 6.51. The Balaban J connectivity index is 1.71. The molecule has 6 nitrogen and oxygen atoms in total. The summed E-state index contributed by atoms with van der Waals surface area (Å²) < 4.78 is 34.2. The molecule has 1 atom stereocenters. The van der Waals surface area contributed by atoms with Crippen LogP contribution >= 0.6 is 0 Å². The van der Waals surface area contributed by atoms with E-state index < -0.39 is 40.8 Å². The normalized spacial score (nSPS) is 19.3. The molecule has 2 aromatic carbocycles. The second-order valence-electron chi connectivity index (χ2n) is 7.83. The molecule has 0 aliphatic carbocycles. The zero-order valence-electron chi connectivity index (χ0n) is 17.3. The van der Waals surface area contributed by atoms with E-state index in [-0.39, 0.29) is 5.57 Å². The molecule has 0 spiro atoms. The minimum absolute atomic E-state index is 0.228. The fraction of sp³-hybridized carbons (Fsp3) is 0.160. The van der Waals surface area contributed by atoms with Gasteiger partial charge in [-0.15, -0.1) is 0 Å². The van der Waals surface area contributed by atoms with Crippen LogP contribution in [0.2, 0.25) is 0 Å². The molecule has 1 saturated heterocycles. The quantitative estimate of drug-likeness (QED) is 0.367. The largest absolute Gasteiger partial charge is 0.507 e. The SMILES string of the molecule is O=C1C(=O)N(c2cc(F)ccc2F)C(c2cccnc2)/C1=C(/O)c1ccc2c(c1)CCCO2. The van der Waals surface area contributed by atoms with Crippen molar-refractivity contribution in [2.75, 3.05) is 11.5 Å². The molecule has 1 N–H and O–H groups in total. The number of rotatable bonds is 3. The van der Waals surface area contributed by atoms with E-state index in [4.69, 9.17) is 4.74 Å². The maximum Gasteiger partial charge on any atom is 0.300 e. The fourth-order valence-electron chi connectivity index (χ4n) is 4.27. The molecule has 2 aliphatic rings. The van der Waals surface area contributed by atoms with Crippen LogP contribution in [0, 0.1) is 11.6 Å². The number of nitrogens with zero attached hydrogens (tertiary/aromatic N) is 2. The van der Waals surface area contributed by atoms with E-state index in [1.54, 1.807) is 30.3 Å². The van der Waals surface area contributed by atoms with Gasteiger partial charge in [-0.05, 0) is 60.4 Å². The maximum atomic E-state index is 14.7. The number of hydrogen-bond acceptors (Lipinski definition) is 5. The number of halogens is 2. The zero-order valence-corrected chi connectivity index (χ0v) is 17.3. The molecule has 166 valence electrons. The van der Waals surface area contributed by atoms with Gasteiger partial charge in [0.15, 0.2) is 0 Å². The van der Waals surface area contributed by atoms with E-state index in [1.807, 2.05) is 0 Å². The Hall–Kier alpha value is -4.07. The second-order valence-corrected chi connectivity index (χ2v) is 7.83. The first-order valence-electron chi connectivity index (χ1n) is 10.4. The van der Waals surface area contributed by atoms with Crippen LogP contribution in [-0.2, 0) is 16.0 Å². The molecule has 8 heteroatoms. The minimum atomic E-state index is -1.19. The zero-order chi connectivity index (χ0) is 23.1. The van der Waals surface area contributed by atoms with Crippen molar-refractivity contribution in [3.05, 3.63) is 94.8 Å². The summed E-state index contributed by atoms with van der Waals surface area (Å²) in [5.41, 5.74) is 0.930. The van der Waals surface area contributed by atoms with Crippen molar-refractivity contribution in [2.45, 2.75) is 18.9 Å². The first-order chi connectivity index (χ1) is 16.0. The monoisotopic (exact) mass is 448 g/mol. The third-order valence-corrected chi connectivity index (χ3v) is 5.79. The lowest BCUT2D eigenvalue weighted by molar-refractivity contribution is -0.132. The molecular formula is C25H18F2N2O4. The van der Waals surface area contributed by atoms with Crippen LogP contribution in [0.15, 0.2) is 66.5 Å². The lowest BCUT2D eigenvalue weighted by atomic mass is 9.94. The molecule has 0 bridgehead atoms. The van der Waals surface area contributed by atoms with Gasteiger partial charge in [-0.1, -0.05) is 6.07 Å². The second kappa shape index (κ2) is 8.12. The average Bonchev–Trinajstić information content (AvgIpc) is 3.10. The van der Waals surface area contributed by atoms with Crippen molar-refractivity contribution in [3.8, 4) is 5.75 Å². The third-order valence-electron chi connectivity index (χ3n) is 5.79. The highest BCUT2D eigenvalue weighted by atomic mass is 19.1. The number of carbonyl (C=O) groups excluding carboxylic acids is 2. The minimum Gasteiger partial charge on any atom is -0.507 e. The maximum absolute atomic E-state index is 14.7. The van der Waals surface area contributed by atoms with Crippen molar-refractivity contribution in [1.29, 1.82) is 0 Å². The van der Waals surface area contributed by atoms with E-state index in [2.05, 4.69) is 4.98 Å². The molecule has 3 heterocycles. The Morgan fingerprint density at radius 2 is 1.97 bits per heavy atom. The summed E-state index contributed by atoms with van der Waals surface area (Å²) in [6, 6.07) is 9.65. The van der Waals surface area contributed by atoms with Gasteiger partial charge in [0.1, 0.15) is 23.1 Å². The Labute approximate surface area is 187 Å². The van der Waals surface area contributed by atoms with E-state index in [1.165, 1.54) is 12.4 Å². The molecule has 3 aromatic rings. The molecule has 0 saturated carbocycles. The molecular weight excluding hydrogens is 430 g/mol. The number of ether oxygens (including phenoxy) is 1. The van der Waals surface area contributed by atoms with Crippen LogP contribution in [0.5, 0.6) is 5.75 Å². The summed E-state index contributed by atoms with van der Waals surface area (Å²) >= 11 is 0.